The molecule has 3 aliphatic rings. The Kier molecular flexibility index (Phi) is 15.1. The second kappa shape index (κ2) is 19.5. The summed E-state index contributed by atoms with van der Waals surface area (Å²) in [5, 5.41) is 35.0. The van der Waals surface area contributed by atoms with E-state index in [9.17, 15) is 35.1 Å². The van der Waals surface area contributed by atoms with E-state index in [1.165, 1.54) is 12.1 Å². The Hall–Kier alpha value is -5.35. The highest BCUT2D eigenvalue weighted by Crippen LogP contribution is 2.25. The topological polar surface area (TPSA) is 175 Å². The highest BCUT2D eigenvalue weighted by molar-refractivity contribution is 5.81. The Labute approximate surface area is 329 Å². The molecule has 0 atom stereocenters. The minimum absolute atomic E-state index is 0.0975. The van der Waals surface area contributed by atoms with Gasteiger partial charge in [-0.3, -0.25) is 40.0 Å². The zero-order chi connectivity index (χ0) is 41.0. The summed E-state index contributed by atoms with van der Waals surface area (Å²) in [6, 6.07) is 20.1. The van der Waals surface area contributed by atoms with Crippen molar-refractivity contribution in [3.05, 3.63) is 103 Å². The molecule has 3 fully saturated rings. The van der Waals surface area contributed by atoms with Gasteiger partial charge in [0.05, 0.1) is 14.8 Å². The quantitative estimate of drug-likeness (QED) is 0.218. The van der Waals surface area contributed by atoms with Gasteiger partial charge in [0.2, 0.25) is 5.91 Å². The second-order valence-electron chi connectivity index (χ2n) is 16.4. The molecule has 3 heterocycles. The summed E-state index contributed by atoms with van der Waals surface area (Å²) < 4.78 is 0. The van der Waals surface area contributed by atoms with E-state index in [-0.39, 0.29) is 38.2 Å². The number of nitrogens with zero attached hydrogens (tertiary/aromatic N) is 8. The van der Waals surface area contributed by atoms with Crippen LogP contribution in [0.5, 0.6) is 0 Å². The fourth-order valence-electron chi connectivity index (χ4n) is 6.76. The van der Waals surface area contributed by atoms with E-state index in [0.717, 1.165) is 89.1 Å². The molecule has 56 heavy (non-hydrogen) atoms. The second-order valence-corrected chi connectivity index (χ2v) is 16.4. The summed E-state index contributed by atoms with van der Waals surface area (Å²) in [6.45, 7) is 24.5. The van der Waals surface area contributed by atoms with Crippen LogP contribution < -0.4 is 20.0 Å². The lowest BCUT2D eigenvalue weighted by Gasteiger charge is -2.38. The molecule has 16 heteroatoms. The SMILES string of the molecule is CC(C)(C)C(=O)N1CCN(c2ccc([N+](=O)[O-])cc2)CC1.CC(C)(C)CN1CCN(c2ccc([N+](=O)[O-])cc2)CC1.O=[N+]([O-])c1ccc(N2CCNCC2)cc1. The maximum Gasteiger partial charge on any atom is 0.269 e. The smallest absolute Gasteiger partial charge is 0.269 e. The van der Waals surface area contributed by atoms with Gasteiger partial charge in [0.15, 0.2) is 0 Å². The number of nitro benzene ring substituents is 3. The standard InChI is InChI=1S/C15H21N3O3.C15H23N3O2.C10H13N3O2/c1-15(2,3)14(19)17-10-8-16(9-11-17)12-4-6-13(7-5-12)18(20)21;1-15(2,3)12-16-8-10-17(11-9-16)13-4-6-14(7-5-13)18(19)20;14-13(15)10-3-1-9(2-4-10)12-7-5-11-6-8-12/h4-7H,8-11H2,1-3H3;4-7H,8-12H2,1-3H3;1-4,11H,5-8H2. The van der Waals surface area contributed by atoms with Gasteiger partial charge in [-0.2, -0.15) is 0 Å². The Morgan fingerprint density at radius 3 is 1.16 bits per heavy atom. The van der Waals surface area contributed by atoms with Crippen molar-refractivity contribution in [3.63, 3.8) is 0 Å². The predicted octanol–water partition coefficient (Wildman–Crippen LogP) is 6.06. The Morgan fingerprint density at radius 2 is 0.857 bits per heavy atom. The molecule has 6 rings (SSSR count). The molecule has 0 radical (unpaired) electrons. The molecule has 1 amide bonds. The van der Waals surface area contributed by atoms with Crippen LogP contribution in [0.4, 0.5) is 34.1 Å². The minimum Gasteiger partial charge on any atom is -0.369 e. The van der Waals surface area contributed by atoms with Crippen LogP contribution in [-0.2, 0) is 4.79 Å². The number of amides is 1. The van der Waals surface area contributed by atoms with E-state index in [0.29, 0.717) is 18.5 Å². The summed E-state index contributed by atoms with van der Waals surface area (Å²) in [4.78, 5) is 53.9. The Balaban J connectivity index is 0.000000189. The first-order chi connectivity index (χ1) is 26.4. The fourth-order valence-corrected chi connectivity index (χ4v) is 6.76. The van der Waals surface area contributed by atoms with Crippen LogP contribution in [-0.4, -0.2) is 116 Å². The zero-order valence-corrected chi connectivity index (χ0v) is 33.6. The van der Waals surface area contributed by atoms with Crippen molar-refractivity contribution in [2.75, 3.05) is 99.8 Å². The van der Waals surface area contributed by atoms with Crippen LogP contribution in [0.3, 0.4) is 0 Å². The number of benzene rings is 3. The molecule has 3 aromatic carbocycles. The van der Waals surface area contributed by atoms with E-state index < -0.39 is 4.92 Å². The van der Waals surface area contributed by atoms with Crippen LogP contribution in [0.25, 0.3) is 0 Å². The molecule has 3 saturated heterocycles. The number of hydrogen-bond acceptors (Lipinski definition) is 12. The first kappa shape index (κ1) is 43.4. The van der Waals surface area contributed by atoms with Crippen LogP contribution in [0.15, 0.2) is 72.8 Å². The van der Waals surface area contributed by atoms with Gasteiger partial charge in [-0.05, 0) is 41.8 Å². The van der Waals surface area contributed by atoms with Crippen molar-refractivity contribution in [2.24, 2.45) is 10.8 Å². The largest absolute Gasteiger partial charge is 0.369 e. The molecular formula is C40H57N9O7. The fraction of sp³-hybridized carbons (Fsp3) is 0.525. The average Bonchev–Trinajstić information content (AvgIpc) is 3.18. The van der Waals surface area contributed by atoms with Crippen LogP contribution >= 0.6 is 0 Å². The van der Waals surface area contributed by atoms with Gasteiger partial charge in [-0.15, -0.1) is 0 Å². The zero-order valence-electron chi connectivity index (χ0n) is 33.6. The molecule has 0 bridgehead atoms. The van der Waals surface area contributed by atoms with Gasteiger partial charge in [-0.25, -0.2) is 0 Å². The van der Waals surface area contributed by atoms with Crippen molar-refractivity contribution >= 4 is 40.0 Å². The lowest BCUT2D eigenvalue weighted by molar-refractivity contribution is -0.385. The summed E-state index contributed by atoms with van der Waals surface area (Å²) in [5.74, 6) is 0.172. The van der Waals surface area contributed by atoms with Crippen LogP contribution in [0.1, 0.15) is 41.5 Å². The van der Waals surface area contributed by atoms with Crippen molar-refractivity contribution in [2.45, 2.75) is 41.5 Å². The highest BCUT2D eigenvalue weighted by Gasteiger charge is 2.30. The monoisotopic (exact) mass is 775 g/mol. The number of carbonyl (C=O) groups excluding carboxylic acids is 1. The maximum atomic E-state index is 12.2. The molecule has 16 nitrogen and oxygen atoms in total. The molecule has 0 aliphatic carbocycles. The molecule has 0 aromatic heterocycles. The first-order valence-electron chi connectivity index (χ1n) is 19.1. The summed E-state index contributed by atoms with van der Waals surface area (Å²) in [6.07, 6.45) is 0. The molecule has 3 aliphatic heterocycles. The number of rotatable bonds is 7. The normalized spacial score (nSPS) is 16.5. The van der Waals surface area contributed by atoms with Crippen molar-refractivity contribution in [1.82, 2.24) is 15.1 Å². The number of piperazine rings is 3. The summed E-state index contributed by atoms with van der Waals surface area (Å²) in [7, 11) is 0. The number of non-ortho nitro benzene ring substituents is 3. The van der Waals surface area contributed by atoms with Crippen molar-refractivity contribution in [3.8, 4) is 0 Å². The Bertz CT molecular complexity index is 1740. The number of carbonyl (C=O) groups is 1. The number of anilines is 3. The molecule has 3 aromatic rings. The number of hydrogen-bond donors (Lipinski definition) is 1. The Morgan fingerprint density at radius 1 is 0.536 bits per heavy atom. The molecule has 1 N–H and O–H groups in total. The van der Waals surface area contributed by atoms with Crippen LogP contribution in [0, 0.1) is 41.2 Å². The van der Waals surface area contributed by atoms with Gasteiger partial charge in [0.25, 0.3) is 17.1 Å². The third-order valence-corrected chi connectivity index (χ3v) is 9.67. The third kappa shape index (κ3) is 13.2. The van der Waals surface area contributed by atoms with E-state index in [4.69, 9.17) is 0 Å². The predicted molar refractivity (Wildman–Crippen MR) is 221 cm³/mol. The molecule has 0 spiro atoms. The molecule has 0 saturated carbocycles. The average molecular weight is 776 g/mol. The lowest BCUT2D eigenvalue weighted by atomic mass is 9.94. The van der Waals surface area contributed by atoms with Crippen LogP contribution in [0.2, 0.25) is 0 Å². The van der Waals surface area contributed by atoms with E-state index in [1.54, 1.807) is 36.4 Å². The molecule has 0 unspecified atom stereocenters. The van der Waals surface area contributed by atoms with E-state index in [1.807, 2.05) is 49.9 Å². The van der Waals surface area contributed by atoms with Gasteiger partial charge in [0.1, 0.15) is 0 Å². The number of nitrogens with one attached hydrogen (secondary N) is 1. The molecular weight excluding hydrogens is 718 g/mol. The van der Waals surface area contributed by atoms with Gasteiger partial charge in [0, 0.05) is 144 Å². The van der Waals surface area contributed by atoms with Gasteiger partial charge >= 0.3 is 0 Å². The van der Waals surface area contributed by atoms with E-state index in [2.05, 4.69) is 45.7 Å². The van der Waals surface area contributed by atoms with Crippen molar-refractivity contribution < 1.29 is 19.6 Å². The molecule has 304 valence electrons. The summed E-state index contributed by atoms with van der Waals surface area (Å²) in [5.41, 5.74) is 3.47. The lowest BCUT2D eigenvalue weighted by Crippen LogP contribution is -2.51. The maximum absolute atomic E-state index is 12.2. The van der Waals surface area contributed by atoms with Gasteiger partial charge in [-0.1, -0.05) is 41.5 Å². The highest BCUT2D eigenvalue weighted by atomic mass is 16.6. The first-order valence-corrected chi connectivity index (χ1v) is 19.1. The minimum atomic E-state index is -0.399. The van der Waals surface area contributed by atoms with E-state index >= 15 is 0 Å². The van der Waals surface area contributed by atoms with Crippen molar-refractivity contribution in [1.29, 1.82) is 0 Å². The van der Waals surface area contributed by atoms with Gasteiger partial charge < -0.3 is 24.9 Å². The summed E-state index contributed by atoms with van der Waals surface area (Å²) >= 11 is 0. The third-order valence-electron chi connectivity index (χ3n) is 9.67. The number of nitro groups is 3.